The van der Waals surface area contributed by atoms with Crippen molar-refractivity contribution < 1.29 is 9.72 Å². The van der Waals surface area contributed by atoms with Gasteiger partial charge in [0.1, 0.15) is 6.07 Å². The lowest BCUT2D eigenvalue weighted by Crippen LogP contribution is -2.36. The van der Waals surface area contributed by atoms with E-state index in [1.807, 2.05) is 23.1 Å². The molecule has 0 aliphatic carbocycles. The Hall–Kier alpha value is -3.40. The predicted molar refractivity (Wildman–Crippen MR) is 101 cm³/mol. The van der Waals surface area contributed by atoms with Gasteiger partial charge in [0.25, 0.3) is 5.69 Å². The van der Waals surface area contributed by atoms with Crippen LogP contribution in [0.3, 0.4) is 0 Å². The van der Waals surface area contributed by atoms with Crippen LogP contribution in [0.15, 0.2) is 48.5 Å². The van der Waals surface area contributed by atoms with Crippen LogP contribution < -0.4 is 4.90 Å². The van der Waals surface area contributed by atoms with Gasteiger partial charge >= 0.3 is 0 Å². The Morgan fingerprint density at radius 3 is 2.52 bits per heavy atom. The highest BCUT2D eigenvalue weighted by Gasteiger charge is 2.21. The molecule has 0 spiro atoms. The molecule has 1 fully saturated rings. The van der Waals surface area contributed by atoms with E-state index >= 15 is 0 Å². The number of rotatable bonds is 4. The summed E-state index contributed by atoms with van der Waals surface area (Å²) in [6.45, 7) is 2.72. The van der Waals surface area contributed by atoms with Gasteiger partial charge in [-0.05, 0) is 24.1 Å². The van der Waals surface area contributed by atoms with Crippen LogP contribution in [0.1, 0.15) is 17.5 Å². The summed E-state index contributed by atoms with van der Waals surface area (Å²) >= 11 is 0. The Balaban J connectivity index is 1.63. The minimum Gasteiger partial charge on any atom is -0.369 e. The lowest BCUT2D eigenvalue weighted by Gasteiger charge is -2.24. The van der Waals surface area contributed by atoms with Crippen LogP contribution in [0.25, 0.3) is 0 Å². The van der Waals surface area contributed by atoms with Crippen molar-refractivity contribution in [3.05, 3.63) is 69.8 Å². The maximum absolute atomic E-state index is 12.6. The van der Waals surface area contributed by atoms with E-state index in [1.54, 1.807) is 18.2 Å². The predicted octanol–water partition coefficient (Wildman–Crippen LogP) is 2.75. The normalized spacial score (nSPS) is 14.3. The molecule has 27 heavy (non-hydrogen) atoms. The molecule has 0 saturated carbocycles. The molecule has 1 aliphatic heterocycles. The van der Waals surface area contributed by atoms with Crippen molar-refractivity contribution in [1.82, 2.24) is 4.90 Å². The van der Waals surface area contributed by atoms with Gasteiger partial charge in [-0.2, -0.15) is 5.26 Å². The van der Waals surface area contributed by atoms with Crippen molar-refractivity contribution in [1.29, 1.82) is 5.26 Å². The van der Waals surface area contributed by atoms with E-state index in [0.29, 0.717) is 25.2 Å². The van der Waals surface area contributed by atoms with E-state index < -0.39 is 4.92 Å². The van der Waals surface area contributed by atoms with E-state index in [0.717, 1.165) is 24.2 Å². The summed E-state index contributed by atoms with van der Waals surface area (Å²) in [5, 5.41) is 20.0. The number of carbonyl (C=O) groups excluding carboxylic acids is 1. The number of amides is 1. The van der Waals surface area contributed by atoms with Crippen molar-refractivity contribution in [2.24, 2.45) is 0 Å². The molecule has 1 amide bonds. The molecule has 0 N–H and O–H groups in total. The average molecular weight is 364 g/mol. The Morgan fingerprint density at radius 2 is 1.81 bits per heavy atom. The van der Waals surface area contributed by atoms with Crippen LogP contribution in [0.4, 0.5) is 11.4 Å². The zero-order valence-electron chi connectivity index (χ0n) is 14.9. The number of carbonyl (C=O) groups is 1. The fourth-order valence-electron chi connectivity index (χ4n) is 3.27. The smallest absolute Gasteiger partial charge is 0.269 e. The molecule has 3 rings (SSSR count). The Bertz CT molecular complexity index is 874. The van der Waals surface area contributed by atoms with Crippen LogP contribution in [0.2, 0.25) is 0 Å². The van der Waals surface area contributed by atoms with Gasteiger partial charge in [0, 0.05) is 38.3 Å². The Morgan fingerprint density at radius 1 is 1.07 bits per heavy atom. The van der Waals surface area contributed by atoms with E-state index in [1.165, 1.54) is 12.1 Å². The zero-order chi connectivity index (χ0) is 19.2. The molecule has 1 heterocycles. The van der Waals surface area contributed by atoms with Gasteiger partial charge in [-0.1, -0.05) is 24.3 Å². The number of non-ortho nitro benzene ring substituents is 1. The van der Waals surface area contributed by atoms with Crippen molar-refractivity contribution >= 4 is 17.3 Å². The average Bonchev–Trinajstić information content (AvgIpc) is 2.94. The molecule has 7 heteroatoms. The summed E-state index contributed by atoms with van der Waals surface area (Å²) < 4.78 is 0. The number of nitro benzene ring substituents is 1. The van der Waals surface area contributed by atoms with Gasteiger partial charge in [0.05, 0.1) is 22.6 Å². The van der Waals surface area contributed by atoms with Crippen molar-refractivity contribution in [2.75, 3.05) is 31.1 Å². The molecule has 0 radical (unpaired) electrons. The number of nitro groups is 1. The molecule has 1 saturated heterocycles. The van der Waals surface area contributed by atoms with Crippen molar-refractivity contribution in [3.63, 3.8) is 0 Å². The second kappa shape index (κ2) is 8.32. The number of anilines is 1. The highest BCUT2D eigenvalue weighted by Crippen LogP contribution is 2.21. The third-order valence-corrected chi connectivity index (χ3v) is 4.72. The van der Waals surface area contributed by atoms with E-state index in [-0.39, 0.29) is 18.0 Å². The molecule has 2 aromatic carbocycles. The standard InChI is InChI=1S/C20H20N4O3/c21-15-17-4-1-2-5-19(17)22-10-3-11-23(13-12-22)20(25)14-16-6-8-18(9-7-16)24(26)27/h1-2,4-9H,3,10-14H2. The topological polar surface area (TPSA) is 90.5 Å². The minimum absolute atomic E-state index is 0.0132. The molecular formula is C20H20N4O3. The largest absolute Gasteiger partial charge is 0.369 e. The Kier molecular flexibility index (Phi) is 5.67. The summed E-state index contributed by atoms with van der Waals surface area (Å²) in [5.41, 5.74) is 2.34. The number of nitriles is 1. The van der Waals surface area contributed by atoms with E-state index in [2.05, 4.69) is 11.0 Å². The molecular weight excluding hydrogens is 344 g/mol. The maximum atomic E-state index is 12.6. The first-order chi connectivity index (χ1) is 13.1. The number of hydrogen-bond donors (Lipinski definition) is 0. The number of benzene rings is 2. The molecule has 0 bridgehead atoms. The summed E-state index contributed by atoms with van der Waals surface area (Å²) in [7, 11) is 0. The summed E-state index contributed by atoms with van der Waals surface area (Å²) in [4.78, 5) is 26.9. The lowest BCUT2D eigenvalue weighted by molar-refractivity contribution is -0.384. The monoisotopic (exact) mass is 364 g/mol. The summed E-state index contributed by atoms with van der Waals surface area (Å²) in [6, 6.07) is 15.8. The molecule has 1 aliphatic rings. The fourth-order valence-corrected chi connectivity index (χ4v) is 3.27. The van der Waals surface area contributed by atoms with Gasteiger partial charge in [0.15, 0.2) is 0 Å². The van der Waals surface area contributed by atoms with Gasteiger partial charge in [0.2, 0.25) is 5.91 Å². The van der Waals surface area contributed by atoms with Gasteiger partial charge in [-0.25, -0.2) is 0 Å². The Labute approximate surface area is 157 Å². The molecule has 0 aromatic heterocycles. The van der Waals surface area contributed by atoms with Crippen LogP contribution in [0, 0.1) is 21.4 Å². The van der Waals surface area contributed by atoms with Crippen molar-refractivity contribution in [2.45, 2.75) is 12.8 Å². The molecule has 0 atom stereocenters. The SMILES string of the molecule is N#Cc1ccccc1N1CCCN(C(=O)Cc2ccc([N+](=O)[O-])cc2)CC1. The summed E-state index contributed by atoms with van der Waals surface area (Å²) in [5.74, 6) is 0.0132. The third-order valence-electron chi connectivity index (χ3n) is 4.72. The fraction of sp³-hybridized carbons (Fsp3) is 0.300. The number of hydrogen-bond acceptors (Lipinski definition) is 5. The summed E-state index contributed by atoms with van der Waals surface area (Å²) in [6.07, 6.45) is 1.05. The number of para-hydroxylation sites is 1. The maximum Gasteiger partial charge on any atom is 0.269 e. The molecule has 2 aromatic rings. The van der Waals surface area contributed by atoms with Crippen LogP contribution in [0.5, 0.6) is 0 Å². The molecule has 138 valence electrons. The second-order valence-corrected chi connectivity index (χ2v) is 6.45. The van der Waals surface area contributed by atoms with Crippen LogP contribution in [-0.4, -0.2) is 41.9 Å². The highest BCUT2D eigenvalue weighted by atomic mass is 16.6. The van der Waals surface area contributed by atoms with E-state index in [4.69, 9.17) is 0 Å². The first-order valence-corrected chi connectivity index (χ1v) is 8.83. The van der Waals surface area contributed by atoms with Crippen LogP contribution >= 0.6 is 0 Å². The van der Waals surface area contributed by atoms with Gasteiger partial charge in [-0.3, -0.25) is 14.9 Å². The molecule has 7 nitrogen and oxygen atoms in total. The highest BCUT2D eigenvalue weighted by molar-refractivity contribution is 5.79. The quantitative estimate of drug-likeness (QED) is 0.614. The van der Waals surface area contributed by atoms with Gasteiger partial charge in [-0.15, -0.1) is 0 Å². The first-order valence-electron chi connectivity index (χ1n) is 8.83. The lowest BCUT2D eigenvalue weighted by atomic mass is 10.1. The second-order valence-electron chi connectivity index (χ2n) is 6.45. The third kappa shape index (κ3) is 4.42. The van der Waals surface area contributed by atoms with Crippen LogP contribution in [-0.2, 0) is 11.2 Å². The first kappa shape index (κ1) is 18.4. The molecule has 0 unspecified atom stereocenters. The number of nitrogens with zero attached hydrogens (tertiary/aromatic N) is 4. The van der Waals surface area contributed by atoms with Crippen molar-refractivity contribution in [3.8, 4) is 6.07 Å². The van der Waals surface area contributed by atoms with Gasteiger partial charge < -0.3 is 9.80 Å². The zero-order valence-corrected chi connectivity index (χ0v) is 14.9. The minimum atomic E-state index is -0.450. The van der Waals surface area contributed by atoms with E-state index in [9.17, 15) is 20.2 Å².